The van der Waals surface area contributed by atoms with E-state index in [1.165, 1.54) is 5.56 Å². The number of aromatic amines is 1. The summed E-state index contributed by atoms with van der Waals surface area (Å²) in [6.07, 6.45) is 0. The molecule has 3 aromatic heterocycles. The van der Waals surface area contributed by atoms with Crippen molar-refractivity contribution >= 4 is 44.0 Å². The molecule has 0 amide bonds. The zero-order valence-corrected chi connectivity index (χ0v) is 18.2. The highest BCUT2D eigenvalue weighted by molar-refractivity contribution is 7.21. The van der Waals surface area contributed by atoms with Crippen molar-refractivity contribution in [3.8, 4) is 16.3 Å². The van der Waals surface area contributed by atoms with Gasteiger partial charge in [-0.2, -0.15) is 0 Å². The van der Waals surface area contributed by atoms with E-state index in [9.17, 15) is 5.11 Å². The number of fused-ring (bicyclic) bond motifs is 2. The van der Waals surface area contributed by atoms with Gasteiger partial charge in [0.05, 0.1) is 10.9 Å². The van der Waals surface area contributed by atoms with Gasteiger partial charge in [0.15, 0.2) is 11.5 Å². The minimum absolute atomic E-state index is 0.00280. The van der Waals surface area contributed by atoms with Gasteiger partial charge >= 0.3 is 0 Å². The van der Waals surface area contributed by atoms with Gasteiger partial charge in [-0.25, -0.2) is 9.97 Å². The van der Waals surface area contributed by atoms with Gasteiger partial charge in [0, 0.05) is 10.3 Å². The number of nitrogens with one attached hydrogen (secondary N) is 1. The Labute approximate surface area is 183 Å². The van der Waals surface area contributed by atoms with Crippen LogP contribution in [0.1, 0.15) is 31.2 Å². The van der Waals surface area contributed by atoms with E-state index >= 15 is 0 Å². The molecule has 6 nitrogen and oxygen atoms in total. The number of hydrogen-bond acceptors (Lipinski definition) is 6. The molecule has 0 aliphatic heterocycles. The maximum Gasteiger partial charge on any atom is 0.218 e. The molecule has 5 rings (SSSR count). The number of rotatable bonds is 4. The Balaban J connectivity index is 1.61. The zero-order valence-electron chi connectivity index (χ0n) is 17.4. The fourth-order valence-corrected chi connectivity index (χ4v) is 4.65. The smallest absolute Gasteiger partial charge is 0.218 e. The second kappa shape index (κ2) is 7.59. The molecule has 2 N–H and O–H groups in total. The van der Waals surface area contributed by atoms with Gasteiger partial charge in [-0.1, -0.05) is 50.2 Å². The lowest BCUT2D eigenvalue weighted by molar-refractivity contribution is 0.459. The number of aromatic nitrogens is 3. The molecule has 7 heteroatoms. The third kappa shape index (κ3) is 3.57. The van der Waals surface area contributed by atoms with Gasteiger partial charge in [-0.15, -0.1) is 21.6 Å². The number of hydrogen-bond donors (Lipinski definition) is 2. The largest absolute Gasteiger partial charge is 0.493 e. The highest BCUT2D eigenvalue weighted by atomic mass is 32.1. The van der Waals surface area contributed by atoms with Crippen molar-refractivity contribution in [3.05, 3.63) is 66.0 Å². The molecule has 2 aromatic carbocycles. The molecule has 0 unspecified atom stereocenters. The van der Waals surface area contributed by atoms with E-state index in [0.717, 1.165) is 31.6 Å². The van der Waals surface area contributed by atoms with Crippen LogP contribution in [0.3, 0.4) is 0 Å². The molecule has 0 saturated heterocycles. The van der Waals surface area contributed by atoms with Crippen LogP contribution in [0.2, 0.25) is 0 Å². The summed E-state index contributed by atoms with van der Waals surface area (Å²) in [6.45, 7) is 6.12. The Morgan fingerprint density at radius 3 is 2.55 bits per heavy atom. The highest BCUT2D eigenvalue weighted by Gasteiger charge is 2.14. The second-order valence-corrected chi connectivity index (χ2v) is 8.80. The first-order valence-electron chi connectivity index (χ1n) is 10.1. The minimum Gasteiger partial charge on any atom is -0.493 e. The molecule has 0 radical (unpaired) electrons. The fraction of sp³-hybridized carbons (Fsp3) is 0.167. The lowest BCUT2D eigenvalue weighted by Crippen LogP contribution is -1.86. The van der Waals surface area contributed by atoms with Crippen LogP contribution in [0.15, 0.2) is 64.8 Å². The molecule has 0 bridgehead atoms. The number of nitrogens with zero attached hydrogens (tertiary/aromatic N) is 4. The standard InChI is InChI=1S/C24H21N5OS/c1-13(2)16-9-10-19-17(11-16)21(23(30)27-19)28-29-22-18-12-20(15-7-5-4-6-8-15)31-24(18)26-14(3)25-22/h4-13,27,30H,1-3H3. The Kier molecular flexibility index (Phi) is 4.75. The maximum absolute atomic E-state index is 10.4. The molecular weight excluding hydrogens is 406 g/mol. The Hall–Kier alpha value is -3.58. The van der Waals surface area contributed by atoms with Crippen molar-refractivity contribution in [3.63, 3.8) is 0 Å². The normalized spacial score (nSPS) is 12.0. The Morgan fingerprint density at radius 2 is 1.77 bits per heavy atom. The van der Waals surface area contributed by atoms with E-state index in [4.69, 9.17) is 0 Å². The lowest BCUT2D eigenvalue weighted by Gasteiger charge is -2.04. The van der Waals surface area contributed by atoms with E-state index in [1.54, 1.807) is 11.3 Å². The number of aromatic hydroxyl groups is 1. The molecule has 0 saturated carbocycles. The van der Waals surface area contributed by atoms with Crippen molar-refractivity contribution < 1.29 is 5.11 Å². The van der Waals surface area contributed by atoms with Crippen LogP contribution in [0.4, 0.5) is 11.5 Å². The number of azo groups is 1. The van der Waals surface area contributed by atoms with Crippen LogP contribution in [0.25, 0.3) is 31.6 Å². The summed E-state index contributed by atoms with van der Waals surface area (Å²) in [6, 6.07) is 18.3. The number of aryl methyl sites for hydroxylation is 1. The van der Waals surface area contributed by atoms with E-state index in [0.29, 0.717) is 23.2 Å². The lowest BCUT2D eigenvalue weighted by atomic mass is 10.0. The predicted molar refractivity (Wildman–Crippen MR) is 126 cm³/mol. The van der Waals surface area contributed by atoms with Gasteiger partial charge in [0.1, 0.15) is 10.7 Å². The number of H-pyrrole nitrogens is 1. The minimum atomic E-state index is -0.00280. The third-order valence-corrected chi connectivity index (χ3v) is 6.31. The maximum atomic E-state index is 10.4. The monoisotopic (exact) mass is 427 g/mol. The predicted octanol–water partition coefficient (Wildman–Crippen LogP) is 7.39. The molecule has 0 aliphatic carbocycles. The van der Waals surface area contributed by atoms with Crippen molar-refractivity contribution in [1.82, 2.24) is 15.0 Å². The number of thiophene rings is 1. The van der Waals surface area contributed by atoms with Gasteiger partial charge < -0.3 is 10.1 Å². The SMILES string of the molecule is Cc1nc(N=Nc2c(O)[nH]c3ccc(C(C)C)cc23)c2cc(-c3ccccc3)sc2n1. The fourth-order valence-electron chi connectivity index (χ4n) is 3.57. The Morgan fingerprint density at radius 1 is 0.968 bits per heavy atom. The zero-order chi connectivity index (χ0) is 21.5. The van der Waals surface area contributed by atoms with Crippen LogP contribution in [-0.4, -0.2) is 20.1 Å². The first kappa shape index (κ1) is 19.4. The summed E-state index contributed by atoms with van der Waals surface area (Å²) in [4.78, 5) is 14.0. The quantitative estimate of drug-likeness (QED) is 0.293. The summed E-state index contributed by atoms with van der Waals surface area (Å²) in [5, 5.41) is 20.9. The van der Waals surface area contributed by atoms with Crippen LogP contribution >= 0.6 is 11.3 Å². The van der Waals surface area contributed by atoms with Gasteiger partial charge in [0.2, 0.25) is 5.88 Å². The summed E-state index contributed by atoms with van der Waals surface area (Å²) >= 11 is 1.60. The van der Waals surface area contributed by atoms with Crippen molar-refractivity contribution in [2.75, 3.05) is 0 Å². The molecule has 154 valence electrons. The van der Waals surface area contributed by atoms with Crippen LogP contribution in [0, 0.1) is 6.92 Å². The second-order valence-electron chi connectivity index (χ2n) is 7.77. The average Bonchev–Trinajstić information content (AvgIpc) is 3.32. The van der Waals surface area contributed by atoms with Gasteiger partial charge in [-0.3, -0.25) is 0 Å². The Bertz CT molecular complexity index is 1430. The van der Waals surface area contributed by atoms with E-state index in [1.807, 2.05) is 37.3 Å². The van der Waals surface area contributed by atoms with E-state index in [2.05, 4.69) is 63.3 Å². The summed E-state index contributed by atoms with van der Waals surface area (Å²) in [5.41, 5.74) is 3.54. The van der Waals surface area contributed by atoms with E-state index in [-0.39, 0.29) is 5.88 Å². The summed E-state index contributed by atoms with van der Waals surface area (Å²) in [7, 11) is 0. The van der Waals surface area contributed by atoms with E-state index < -0.39 is 0 Å². The van der Waals surface area contributed by atoms with Crippen LogP contribution in [-0.2, 0) is 0 Å². The molecule has 0 aliphatic rings. The molecule has 31 heavy (non-hydrogen) atoms. The van der Waals surface area contributed by atoms with Crippen molar-refractivity contribution in [1.29, 1.82) is 0 Å². The topological polar surface area (TPSA) is 86.5 Å². The molecule has 0 fully saturated rings. The molecule has 0 spiro atoms. The van der Waals surface area contributed by atoms with Gasteiger partial charge in [-0.05, 0) is 42.2 Å². The van der Waals surface area contributed by atoms with Crippen molar-refractivity contribution in [2.45, 2.75) is 26.7 Å². The van der Waals surface area contributed by atoms with Crippen LogP contribution < -0.4 is 0 Å². The molecule has 0 atom stereocenters. The summed E-state index contributed by atoms with van der Waals surface area (Å²) in [5.74, 6) is 1.50. The first-order valence-corrected chi connectivity index (χ1v) is 10.9. The number of benzene rings is 2. The molecule has 3 heterocycles. The average molecular weight is 428 g/mol. The van der Waals surface area contributed by atoms with Gasteiger partial charge in [0.25, 0.3) is 0 Å². The van der Waals surface area contributed by atoms with Crippen LogP contribution in [0.5, 0.6) is 5.88 Å². The first-order chi connectivity index (χ1) is 15.0. The van der Waals surface area contributed by atoms with Crippen molar-refractivity contribution in [2.24, 2.45) is 10.2 Å². The molecular formula is C24H21N5OS. The summed E-state index contributed by atoms with van der Waals surface area (Å²) < 4.78 is 0. The highest BCUT2D eigenvalue weighted by Crippen LogP contribution is 2.40. The molecule has 5 aromatic rings. The third-order valence-electron chi connectivity index (χ3n) is 5.23.